The van der Waals surface area contributed by atoms with E-state index < -0.39 is 0 Å². The van der Waals surface area contributed by atoms with Crippen LogP contribution in [-0.2, 0) is 14.3 Å². The van der Waals surface area contributed by atoms with E-state index in [-0.39, 0.29) is 28.0 Å². The maximum Gasteiger partial charge on any atom is 0.330 e. The Hall–Kier alpha value is -0.350. The molecule has 0 spiro atoms. The van der Waals surface area contributed by atoms with Crippen molar-refractivity contribution in [2.45, 2.75) is 89.2 Å². The fourth-order valence-electron chi connectivity index (χ4n) is 6.24. The summed E-state index contributed by atoms with van der Waals surface area (Å²) in [7, 11) is 1.43. The van der Waals surface area contributed by atoms with Crippen molar-refractivity contribution in [1.82, 2.24) is 0 Å². The first-order chi connectivity index (χ1) is 11.5. The molecule has 1 aliphatic heterocycles. The van der Waals surface area contributed by atoms with Gasteiger partial charge < -0.3 is 9.47 Å². The zero-order chi connectivity index (χ0) is 18.7. The van der Waals surface area contributed by atoms with Crippen LogP contribution in [0.25, 0.3) is 0 Å². The van der Waals surface area contributed by atoms with Crippen LogP contribution in [0.4, 0.5) is 0 Å². The summed E-state index contributed by atoms with van der Waals surface area (Å²) in [6, 6.07) is 0. The van der Waals surface area contributed by atoms with E-state index in [4.69, 9.17) is 9.47 Å². The van der Waals surface area contributed by atoms with Gasteiger partial charge in [-0.1, -0.05) is 42.3 Å². The maximum absolute atomic E-state index is 11.5. The van der Waals surface area contributed by atoms with Gasteiger partial charge in [0, 0.05) is 16.3 Å². The highest BCUT2D eigenvalue weighted by Crippen LogP contribution is 2.74. The highest BCUT2D eigenvalue weighted by atomic mass is 79.9. The summed E-state index contributed by atoms with van der Waals surface area (Å²) in [4.78, 5) is 12.1. The van der Waals surface area contributed by atoms with E-state index in [1.54, 1.807) is 6.08 Å². The minimum Gasteiger partial charge on any atom is -0.466 e. The van der Waals surface area contributed by atoms with E-state index in [9.17, 15) is 4.79 Å². The normalized spacial score (nSPS) is 45.3. The minimum absolute atomic E-state index is 0.0129. The van der Waals surface area contributed by atoms with Gasteiger partial charge >= 0.3 is 5.97 Å². The van der Waals surface area contributed by atoms with E-state index in [1.165, 1.54) is 26.4 Å². The summed E-state index contributed by atoms with van der Waals surface area (Å²) < 4.78 is 11.3. The lowest BCUT2D eigenvalue weighted by Gasteiger charge is -2.58. The molecule has 5 atom stereocenters. The SMILES string of the molecule is COC(=O)/C=C(\C)CCC12OC1(C)CC[C@@H]1C(C)(C)[C@H](Br)CC[C@]12C. The fraction of sp³-hybridized carbons (Fsp3) is 0.857. The number of rotatable bonds is 4. The van der Waals surface area contributed by atoms with Gasteiger partial charge in [0.15, 0.2) is 0 Å². The molecule has 0 N–H and O–H groups in total. The minimum atomic E-state index is -0.261. The van der Waals surface area contributed by atoms with Crippen LogP contribution >= 0.6 is 15.9 Å². The largest absolute Gasteiger partial charge is 0.466 e. The van der Waals surface area contributed by atoms with Gasteiger partial charge in [0.05, 0.1) is 12.7 Å². The van der Waals surface area contributed by atoms with Crippen LogP contribution in [0.2, 0.25) is 0 Å². The molecule has 3 fully saturated rings. The van der Waals surface area contributed by atoms with Gasteiger partial charge in [0.25, 0.3) is 0 Å². The number of hydrogen-bond donors (Lipinski definition) is 0. The highest BCUT2D eigenvalue weighted by Gasteiger charge is 2.79. The Labute approximate surface area is 161 Å². The molecule has 0 aromatic carbocycles. The number of carbonyl (C=O) groups excluding carboxylic acids is 1. The molecule has 0 bridgehead atoms. The van der Waals surface area contributed by atoms with Gasteiger partial charge in [-0.15, -0.1) is 0 Å². The molecule has 4 heteroatoms. The molecular weight excluding hydrogens is 380 g/mol. The zero-order valence-electron chi connectivity index (χ0n) is 16.6. The molecule has 3 nitrogen and oxygen atoms in total. The number of halogens is 1. The average Bonchev–Trinajstić information content (AvgIpc) is 3.17. The van der Waals surface area contributed by atoms with E-state index in [0.29, 0.717) is 10.7 Å². The third-order valence-electron chi connectivity index (χ3n) is 7.87. The molecule has 0 aromatic heterocycles. The van der Waals surface area contributed by atoms with E-state index in [0.717, 1.165) is 24.8 Å². The fourth-order valence-corrected chi connectivity index (χ4v) is 6.79. The first-order valence-electron chi connectivity index (χ1n) is 9.62. The molecule has 0 aromatic rings. The van der Waals surface area contributed by atoms with Crippen LogP contribution in [0.15, 0.2) is 11.6 Å². The van der Waals surface area contributed by atoms with Crippen molar-refractivity contribution >= 4 is 21.9 Å². The van der Waals surface area contributed by atoms with Crippen molar-refractivity contribution < 1.29 is 14.3 Å². The zero-order valence-corrected chi connectivity index (χ0v) is 18.2. The molecule has 2 saturated carbocycles. The van der Waals surface area contributed by atoms with Crippen LogP contribution in [0, 0.1) is 16.7 Å². The first-order valence-corrected chi connectivity index (χ1v) is 10.5. The topological polar surface area (TPSA) is 38.8 Å². The Kier molecular flexibility index (Phi) is 4.73. The number of ether oxygens (including phenoxy) is 2. The number of fused-ring (bicyclic) bond motifs is 3. The lowest BCUT2D eigenvalue weighted by atomic mass is 9.46. The summed E-state index contributed by atoms with van der Waals surface area (Å²) in [5.41, 5.74) is 1.54. The van der Waals surface area contributed by atoms with E-state index >= 15 is 0 Å². The summed E-state index contributed by atoms with van der Waals surface area (Å²) in [5.74, 6) is 0.404. The van der Waals surface area contributed by atoms with Gasteiger partial charge in [-0.05, 0) is 63.7 Å². The first kappa shape index (κ1) is 19.4. The van der Waals surface area contributed by atoms with Crippen molar-refractivity contribution in [1.29, 1.82) is 0 Å². The number of esters is 1. The van der Waals surface area contributed by atoms with Crippen molar-refractivity contribution in [3.8, 4) is 0 Å². The average molecular weight is 413 g/mol. The summed E-state index contributed by atoms with van der Waals surface area (Å²) >= 11 is 3.96. The molecule has 2 unspecified atom stereocenters. The van der Waals surface area contributed by atoms with Crippen molar-refractivity contribution in [2.75, 3.05) is 7.11 Å². The number of methoxy groups -OCH3 is 1. The second-order valence-electron chi connectivity index (χ2n) is 9.51. The van der Waals surface area contributed by atoms with Gasteiger partial charge in [-0.3, -0.25) is 0 Å². The van der Waals surface area contributed by atoms with Gasteiger partial charge in [0.1, 0.15) is 5.60 Å². The lowest BCUT2D eigenvalue weighted by molar-refractivity contribution is -0.134. The smallest absolute Gasteiger partial charge is 0.330 e. The quantitative estimate of drug-likeness (QED) is 0.268. The number of hydrogen-bond acceptors (Lipinski definition) is 3. The van der Waals surface area contributed by atoms with Crippen LogP contribution in [0.5, 0.6) is 0 Å². The molecule has 0 radical (unpaired) electrons. The number of carbonyl (C=O) groups is 1. The van der Waals surface area contributed by atoms with E-state index in [1.807, 2.05) is 6.92 Å². The second-order valence-corrected chi connectivity index (χ2v) is 10.6. The molecule has 25 heavy (non-hydrogen) atoms. The summed E-state index contributed by atoms with van der Waals surface area (Å²) in [6.07, 6.45) is 8.34. The third-order valence-corrected chi connectivity index (χ3v) is 9.51. The molecular formula is C21H33BrO3. The number of epoxide rings is 1. The Balaban J connectivity index is 1.85. The van der Waals surface area contributed by atoms with Crippen LogP contribution in [0.1, 0.15) is 73.1 Å². The Morgan fingerprint density at radius 3 is 2.56 bits per heavy atom. The van der Waals surface area contributed by atoms with Crippen molar-refractivity contribution in [2.24, 2.45) is 16.7 Å². The standard InChI is InChI=1S/C21H33BrO3/c1-14(13-17(23)24-6)7-12-21-19(4)10-9-16(22)18(2,3)15(19)8-11-20(21,5)25-21/h13,15-16H,7-12H2,1-6H3/b14-13+/t15-,16-,19-,20?,21?/m1/s1. The predicted molar refractivity (Wildman–Crippen MR) is 104 cm³/mol. The van der Waals surface area contributed by atoms with Gasteiger partial charge in [-0.25, -0.2) is 4.79 Å². The van der Waals surface area contributed by atoms with Gasteiger partial charge in [-0.2, -0.15) is 0 Å². The van der Waals surface area contributed by atoms with Crippen LogP contribution in [0.3, 0.4) is 0 Å². The molecule has 3 aliphatic rings. The Bertz CT molecular complexity index is 598. The molecule has 1 saturated heterocycles. The summed E-state index contributed by atoms with van der Waals surface area (Å²) in [6.45, 7) is 11.7. The maximum atomic E-state index is 11.5. The van der Waals surface area contributed by atoms with Crippen molar-refractivity contribution in [3.63, 3.8) is 0 Å². The monoisotopic (exact) mass is 412 g/mol. The lowest BCUT2D eigenvalue weighted by Crippen LogP contribution is -2.58. The molecule has 1 heterocycles. The number of allylic oxidation sites excluding steroid dienone is 1. The molecule has 0 amide bonds. The second kappa shape index (κ2) is 6.09. The Morgan fingerprint density at radius 1 is 1.24 bits per heavy atom. The highest BCUT2D eigenvalue weighted by molar-refractivity contribution is 9.09. The Morgan fingerprint density at radius 2 is 1.92 bits per heavy atom. The molecule has 3 rings (SSSR count). The molecule has 142 valence electrons. The third kappa shape index (κ3) is 2.74. The van der Waals surface area contributed by atoms with Gasteiger partial charge in [0.2, 0.25) is 0 Å². The van der Waals surface area contributed by atoms with E-state index in [2.05, 4.69) is 43.6 Å². The van der Waals surface area contributed by atoms with Crippen LogP contribution in [-0.4, -0.2) is 29.1 Å². The number of alkyl halides is 1. The molecule has 2 aliphatic carbocycles. The predicted octanol–water partition coefficient (Wildman–Crippen LogP) is 5.41. The van der Waals surface area contributed by atoms with Crippen molar-refractivity contribution in [3.05, 3.63) is 11.6 Å². The summed E-state index contributed by atoms with van der Waals surface area (Å²) in [5, 5.41) is 0. The van der Waals surface area contributed by atoms with Crippen LogP contribution < -0.4 is 0 Å².